The number of hydrogen-bond acceptors (Lipinski definition) is 4. The number of aliphatic hydroxyl groups excluding tert-OH is 2. The van der Waals surface area contributed by atoms with Crippen molar-refractivity contribution in [1.82, 2.24) is 14.3 Å². The quantitative estimate of drug-likeness (QED) is 0.739. The van der Waals surface area contributed by atoms with Crippen molar-refractivity contribution in [3.05, 3.63) is 72.2 Å². The van der Waals surface area contributed by atoms with Crippen LogP contribution in [0.4, 0.5) is 0 Å². The summed E-state index contributed by atoms with van der Waals surface area (Å²) >= 11 is 0. The first kappa shape index (κ1) is 17.2. The molecular weight excluding hydrogens is 326 g/mol. The number of hydrogen-bond donors (Lipinski definition) is 2. The van der Waals surface area contributed by atoms with Gasteiger partial charge in [-0.2, -0.15) is 0 Å². The summed E-state index contributed by atoms with van der Waals surface area (Å²) in [5, 5.41) is 18.9. The zero-order valence-corrected chi connectivity index (χ0v) is 14.8. The van der Waals surface area contributed by atoms with Gasteiger partial charge in [-0.25, -0.2) is 4.98 Å². The third kappa shape index (κ3) is 3.14. The molecule has 1 atom stereocenters. The maximum absolute atomic E-state index is 9.76. The van der Waals surface area contributed by atoms with Crippen molar-refractivity contribution in [2.45, 2.75) is 24.4 Å². The van der Waals surface area contributed by atoms with E-state index in [1.807, 2.05) is 30.5 Å². The summed E-state index contributed by atoms with van der Waals surface area (Å²) in [5.74, 6) is 0. The average molecular weight is 351 g/mol. The van der Waals surface area contributed by atoms with Crippen molar-refractivity contribution in [2.75, 3.05) is 26.2 Å². The van der Waals surface area contributed by atoms with Crippen LogP contribution in [0.3, 0.4) is 0 Å². The van der Waals surface area contributed by atoms with Gasteiger partial charge in [-0.15, -0.1) is 0 Å². The summed E-state index contributed by atoms with van der Waals surface area (Å²) in [6.45, 7) is 2.08. The summed E-state index contributed by atoms with van der Waals surface area (Å²) in [4.78, 5) is 7.18. The van der Waals surface area contributed by atoms with Gasteiger partial charge in [-0.1, -0.05) is 36.4 Å². The van der Waals surface area contributed by atoms with Gasteiger partial charge in [-0.05, 0) is 43.6 Å². The number of rotatable bonds is 5. The molecule has 2 aromatic heterocycles. The van der Waals surface area contributed by atoms with E-state index in [0.717, 1.165) is 37.3 Å². The molecule has 1 aromatic carbocycles. The highest BCUT2D eigenvalue weighted by molar-refractivity contribution is 5.45. The minimum atomic E-state index is -0.672. The molecular formula is C21H25N3O2. The Morgan fingerprint density at radius 2 is 1.77 bits per heavy atom. The standard InChI is InChI=1S/C21H25N3O2/c25-16-18(26)14-23-12-9-21(10-13-23,17-6-2-1-3-7-17)19-15-24-11-5-4-8-20(24)22-19/h1-8,11,15,18,25-26H,9-10,12-14,16H2. The highest BCUT2D eigenvalue weighted by Crippen LogP contribution is 2.41. The number of likely N-dealkylation sites (tertiary alicyclic amines) is 1. The number of aliphatic hydroxyl groups is 2. The molecule has 1 unspecified atom stereocenters. The molecule has 1 aliphatic rings. The van der Waals surface area contributed by atoms with Gasteiger partial charge in [-0.3, -0.25) is 0 Å². The molecule has 2 N–H and O–H groups in total. The van der Waals surface area contributed by atoms with Crippen molar-refractivity contribution in [1.29, 1.82) is 0 Å². The van der Waals surface area contributed by atoms with Gasteiger partial charge >= 0.3 is 0 Å². The summed E-state index contributed by atoms with van der Waals surface area (Å²) in [7, 11) is 0. The number of piperidine rings is 1. The Morgan fingerprint density at radius 3 is 2.46 bits per heavy atom. The van der Waals surface area contributed by atoms with Crippen molar-refractivity contribution in [2.24, 2.45) is 0 Å². The highest BCUT2D eigenvalue weighted by atomic mass is 16.3. The van der Waals surface area contributed by atoms with Crippen LogP contribution in [-0.4, -0.2) is 56.8 Å². The van der Waals surface area contributed by atoms with Crippen LogP contribution in [-0.2, 0) is 5.41 Å². The molecule has 136 valence electrons. The Hall–Kier alpha value is -2.21. The van der Waals surface area contributed by atoms with Crippen LogP contribution in [0.5, 0.6) is 0 Å². The Kier molecular flexibility index (Phi) is 4.76. The molecule has 0 amide bonds. The first-order chi connectivity index (χ1) is 12.7. The second-order valence-corrected chi connectivity index (χ2v) is 7.18. The number of imidazole rings is 1. The number of benzene rings is 1. The Bertz CT molecular complexity index is 821. The lowest BCUT2D eigenvalue weighted by molar-refractivity contribution is 0.0463. The van der Waals surface area contributed by atoms with Crippen LogP contribution >= 0.6 is 0 Å². The molecule has 0 bridgehead atoms. The molecule has 4 rings (SSSR count). The average Bonchev–Trinajstić information content (AvgIpc) is 3.14. The molecule has 0 saturated carbocycles. The predicted molar refractivity (Wildman–Crippen MR) is 101 cm³/mol. The Balaban J connectivity index is 1.68. The molecule has 1 fully saturated rings. The monoisotopic (exact) mass is 351 g/mol. The van der Waals surface area contributed by atoms with E-state index in [-0.39, 0.29) is 12.0 Å². The van der Waals surface area contributed by atoms with Crippen LogP contribution in [0.1, 0.15) is 24.1 Å². The fraction of sp³-hybridized carbons (Fsp3) is 0.381. The minimum Gasteiger partial charge on any atom is -0.394 e. The SMILES string of the molecule is OCC(O)CN1CCC(c2ccccc2)(c2cn3ccccc3n2)CC1. The topological polar surface area (TPSA) is 61.0 Å². The van der Waals surface area contributed by atoms with Crippen molar-refractivity contribution >= 4 is 5.65 Å². The number of β-amino-alcohol motifs (C(OH)–C–C–N with tert-alkyl or cyclic N) is 1. The molecule has 5 nitrogen and oxygen atoms in total. The summed E-state index contributed by atoms with van der Waals surface area (Å²) < 4.78 is 2.09. The van der Waals surface area contributed by atoms with Gasteiger partial charge in [0.15, 0.2) is 0 Å². The predicted octanol–water partition coefficient (Wildman–Crippen LogP) is 2.07. The molecule has 26 heavy (non-hydrogen) atoms. The van der Waals surface area contributed by atoms with E-state index in [1.165, 1.54) is 5.56 Å². The van der Waals surface area contributed by atoms with Crippen LogP contribution < -0.4 is 0 Å². The number of aromatic nitrogens is 2. The van der Waals surface area contributed by atoms with Gasteiger partial charge in [0.25, 0.3) is 0 Å². The first-order valence-corrected chi connectivity index (χ1v) is 9.22. The fourth-order valence-corrected chi connectivity index (χ4v) is 4.09. The molecule has 1 aliphatic heterocycles. The van der Waals surface area contributed by atoms with Gasteiger partial charge in [0.2, 0.25) is 0 Å². The van der Waals surface area contributed by atoms with E-state index in [1.54, 1.807) is 0 Å². The summed E-state index contributed by atoms with van der Waals surface area (Å²) in [6, 6.07) is 16.7. The maximum atomic E-state index is 9.76. The van der Waals surface area contributed by atoms with Crippen LogP contribution in [0, 0.1) is 0 Å². The lowest BCUT2D eigenvalue weighted by atomic mass is 9.70. The van der Waals surface area contributed by atoms with Crippen molar-refractivity contribution in [3.63, 3.8) is 0 Å². The second-order valence-electron chi connectivity index (χ2n) is 7.18. The van der Waals surface area contributed by atoms with Crippen LogP contribution in [0.25, 0.3) is 5.65 Å². The normalized spacial score (nSPS) is 18.8. The first-order valence-electron chi connectivity index (χ1n) is 9.22. The van der Waals surface area contributed by atoms with E-state index in [2.05, 4.69) is 39.8 Å². The van der Waals surface area contributed by atoms with Gasteiger partial charge in [0, 0.05) is 24.4 Å². The van der Waals surface area contributed by atoms with Crippen LogP contribution in [0.2, 0.25) is 0 Å². The maximum Gasteiger partial charge on any atom is 0.137 e. The molecule has 0 radical (unpaired) electrons. The molecule has 3 heterocycles. The molecule has 0 spiro atoms. The smallest absolute Gasteiger partial charge is 0.137 e. The minimum absolute atomic E-state index is 0.117. The van der Waals surface area contributed by atoms with E-state index in [4.69, 9.17) is 10.1 Å². The molecule has 0 aliphatic carbocycles. The fourth-order valence-electron chi connectivity index (χ4n) is 4.09. The largest absolute Gasteiger partial charge is 0.394 e. The molecule has 5 heteroatoms. The Labute approximate surface area is 153 Å². The summed E-state index contributed by atoms with van der Waals surface area (Å²) in [5.41, 5.74) is 3.26. The third-order valence-electron chi connectivity index (χ3n) is 5.57. The highest BCUT2D eigenvalue weighted by Gasteiger charge is 2.40. The number of pyridine rings is 1. The second kappa shape index (κ2) is 7.19. The zero-order valence-electron chi connectivity index (χ0n) is 14.8. The van der Waals surface area contributed by atoms with Crippen LogP contribution in [0.15, 0.2) is 60.9 Å². The van der Waals surface area contributed by atoms with Gasteiger partial charge < -0.3 is 19.5 Å². The van der Waals surface area contributed by atoms with E-state index in [9.17, 15) is 5.11 Å². The number of nitrogens with zero attached hydrogens (tertiary/aromatic N) is 3. The van der Waals surface area contributed by atoms with Gasteiger partial charge in [0.05, 0.1) is 18.4 Å². The summed E-state index contributed by atoms with van der Waals surface area (Å²) in [6.07, 6.45) is 5.41. The van der Waals surface area contributed by atoms with E-state index >= 15 is 0 Å². The zero-order chi connectivity index (χ0) is 18.0. The number of fused-ring (bicyclic) bond motifs is 1. The lowest BCUT2D eigenvalue weighted by Crippen LogP contribution is -2.46. The molecule has 3 aromatic rings. The lowest BCUT2D eigenvalue weighted by Gasteiger charge is -2.41. The van der Waals surface area contributed by atoms with E-state index in [0.29, 0.717) is 6.54 Å². The third-order valence-corrected chi connectivity index (χ3v) is 5.57. The van der Waals surface area contributed by atoms with Crippen molar-refractivity contribution in [3.8, 4) is 0 Å². The molecule has 1 saturated heterocycles. The van der Waals surface area contributed by atoms with Crippen molar-refractivity contribution < 1.29 is 10.2 Å². The van der Waals surface area contributed by atoms with Gasteiger partial charge in [0.1, 0.15) is 5.65 Å². The van der Waals surface area contributed by atoms with E-state index < -0.39 is 6.10 Å². The Morgan fingerprint density at radius 1 is 1.04 bits per heavy atom.